The molecule has 3 nitrogen and oxygen atoms in total. The van der Waals surface area contributed by atoms with E-state index >= 15 is 0 Å². The Hall–Kier alpha value is -0.770. The number of Topliss-reactive ketones (excluding diaryl/α,β-unsaturated/α-hetero) is 1. The van der Waals surface area contributed by atoms with Gasteiger partial charge in [0.2, 0.25) is 0 Å². The molecule has 11 heavy (non-hydrogen) atoms. The van der Waals surface area contributed by atoms with Crippen LogP contribution in [0, 0.1) is 0 Å². The molecule has 1 aliphatic heterocycles. The molecule has 1 fully saturated rings. The number of hydrogen-bond acceptors (Lipinski definition) is 4. The molecule has 0 radical (unpaired) electrons. The van der Waals surface area contributed by atoms with Crippen LogP contribution < -0.4 is 0 Å². The van der Waals surface area contributed by atoms with Crippen molar-refractivity contribution in [2.24, 2.45) is 0 Å². The minimum Gasteiger partial charge on any atom is -0.455 e. The zero-order chi connectivity index (χ0) is 8.65. The van der Waals surface area contributed by atoms with Crippen molar-refractivity contribution in [2.75, 3.05) is 0 Å². The highest BCUT2D eigenvalue weighted by molar-refractivity contribution is 7.84. The average molecular weight is 172 g/mol. The van der Waals surface area contributed by atoms with Crippen molar-refractivity contribution in [1.29, 1.82) is 0 Å². The van der Waals surface area contributed by atoms with E-state index in [4.69, 9.17) is 4.74 Å². The summed E-state index contributed by atoms with van der Waals surface area (Å²) >= 11 is 4.53. The van der Waals surface area contributed by atoms with Crippen molar-refractivity contribution in [2.45, 2.75) is 25.9 Å². The molecule has 0 unspecified atom stereocenters. The van der Waals surface area contributed by atoms with Gasteiger partial charge in [0.05, 0.1) is 6.42 Å². The van der Waals surface area contributed by atoms with Crippen LogP contribution in [0.4, 0.5) is 0 Å². The smallest absolute Gasteiger partial charge is 0.353 e. The standard InChI is InChI=1S/C7H8O3S/c1-7(2)3-4(8)5(11)6(9)10-7/h3H2,1-2H3. The van der Waals surface area contributed by atoms with Gasteiger partial charge >= 0.3 is 5.97 Å². The largest absolute Gasteiger partial charge is 0.455 e. The topological polar surface area (TPSA) is 43.4 Å². The molecule has 4 heteroatoms. The fraction of sp³-hybridized carbons (Fsp3) is 0.571. The van der Waals surface area contributed by atoms with Crippen LogP contribution in [0.1, 0.15) is 20.3 Å². The minimum absolute atomic E-state index is 0.192. The number of carbonyl (C=O) groups is 2. The van der Waals surface area contributed by atoms with Crippen LogP contribution in [-0.4, -0.2) is 22.2 Å². The van der Waals surface area contributed by atoms with Crippen LogP contribution >= 0.6 is 12.2 Å². The number of thiocarbonyl (C=S) groups is 1. The third-order valence-electron chi connectivity index (χ3n) is 1.39. The molecular weight excluding hydrogens is 164 g/mol. The van der Waals surface area contributed by atoms with Crippen molar-refractivity contribution in [3.8, 4) is 0 Å². The second-order valence-corrected chi connectivity index (χ2v) is 3.49. The fourth-order valence-corrected chi connectivity index (χ4v) is 1.03. The number of esters is 1. The summed E-state index contributed by atoms with van der Waals surface area (Å²) in [7, 11) is 0. The Labute approximate surface area is 69.7 Å². The Morgan fingerprint density at radius 1 is 1.45 bits per heavy atom. The van der Waals surface area contributed by atoms with E-state index < -0.39 is 11.6 Å². The van der Waals surface area contributed by atoms with Gasteiger partial charge in [0.25, 0.3) is 0 Å². The summed E-state index contributed by atoms with van der Waals surface area (Å²) in [6, 6.07) is 0. The van der Waals surface area contributed by atoms with Gasteiger partial charge in [0.15, 0.2) is 10.6 Å². The van der Waals surface area contributed by atoms with Crippen molar-refractivity contribution >= 4 is 28.8 Å². The predicted octanol–water partition coefficient (Wildman–Crippen LogP) is 0.651. The van der Waals surface area contributed by atoms with Gasteiger partial charge in [-0.05, 0) is 13.8 Å². The SMILES string of the molecule is CC1(C)CC(=O)C(=S)C(=O)O1. The molecule has 0 atom stereocenters. The highest BCUT2D eigenvalue weighted by Crippen LogP contribution is 2.20. The monoisotopic (exact) mass is 172 g/mol. The van der Waals surface area contributed by atoms with Gasteiger partial charge in [-0.1, -0.05) is 12.2 Å². The first-order valence-corrected chi connectivity index (χ1v) is 3.64. The first-order valence-electron chi connectivity index (χ1n) is 3.23. The Morgan fingerprint density at radius 2 is 2.00 bits per heavy atom. The van der Waals surface area contributed by atoms with Gasteiger partial charge < -0.3 is 4.74 Å². The molecule has 0 aromatic rings. The van der Waals surface area contributed by atoms with Crippen LogP contribution in [0.25, 0.3) is 0 Å². The lowest BCUT2D eigenvalue weighted by Crippen LogP contribution is -2.43. The zero-order valence-corrected chi connectivity index (χ0v) is 7.16. The summed E-state index contributed by atoms with van der Waals surface area (Å²) in [4.78, 5) is 21.6. The van der Waals surface area contributed by atoms with Gasteiger partial charge in [-0.3, -0.25) is 4.79 Å². The molecule has 0 amide bonds. The third-order valence-corrected chi connectivity index (χ3v) is 1.79. The van der Waals surface area contributed by atoms with Crippen LogP contribution in [0.2, 0.25) is 0 Å². The van der Waals surface area contributed by atoms with Gasteiger partial charge in [-0.15, -0.1) is 0 Å². The van der Waals surface area contributed by atoms with Gasteiger partial charge in [0.1, 0.15) is 5.60 Å². The number of cyclic esters (lactones) is 1. The normalized spacial score (nSPS) is 23.3. The van der Waals surface area contributed by atoms with E-state index in [0.29, 0.717) is 0 Å². The van der Waals surface area contributed by atoms with E-state index in [0.717, 1.165) is 0 Å². The molecule has 60 valence electrons. The fourth-order valence-electron chi connectivity index (χ4n) is 0.914. The van der Waals surface area contributed by atoms with Crippen LogP contribution in [0.3, 0.4) is 0 Å². The van der Waals surface area contributed by atoms with Crippen molar-refractivity contribution in [3.05, 3.63) is 0 Å². The molecule has 0 aliphatic carbocycles. The van der Waals surface area contributed by atoms with E-state index in [-0.39, 0.29) is 17.1 Å². The number of hydrogen-bond donors (Lipinski definition) is 0. The molecule has 0 aromatic carbocycles. The second kappa shape index (κ2) is 2.37. The molecule has 1 aliphatic rings. The first kappa shape index (κ1) is 8.33. The lowest BCUT2D eigenvalue weighted by Gasteiger charge is -2.28. The molecular formula is C7H8O3S. The Morgan fingerprint density at radius 3 is 2.45 bits per heavy atom. The van der Waals surface area contributed by atoms with Gasteiger partial charge in [-0.25, -0.2) is 4.79 Å². The Balaban J connectivity index is 2.87. The van der Waals surface area contributed by atoms with Gasteiger partial charge in [-0.2, -0.15) is 0 Å². The van der Waals surface area contributed by atoms with Crippen molar-refractivity contribution in [3.63, 3.8) is 0 Å². The number of carbonyl (C=O) groups excluding carboxylic acids is 2. The molecule has 0 spiro atoms. The average Bonchev–Trinajstić information content (AvgIpc) is 1.81. The quantitative estimate of drug-likeness (QED) is 0.397. The molecule has 1 heterocycles. The molecule has 0 bridgehead atoms. The van der Waals surface area contributed by atoms with Crippen LogP contribution in [0.15, 0.2) is 0 Å². The van der Waals surface area contributed by atoms with E-state index in [9.17, 15) is 9.59 Å². The minimum atomic E-state index is -0.684. The van der Waals surface area contributed by atoms with Crippen molar-refractivity contribution < 1.29 is 14.3 Å². The van der Waals surface area contributed by atoms with Crippen molar-refractivity contribution in [1.82, 2.24) is 0 Å². The summed E-state index contributed by atoms with van der Waals surface area (Å²) in [5.41, 5.74) is -0.684. The van der Waals surface area contributed by atoms with E-state index in [1.54, 1.807) is 13.8 Å². The highest BCUT2D eigenvalue weighted by Gasteiger charge is 2.37. The maximum Gasteiger partial charge on any atom is 0.353 e. The lowest BCUT2D eigenvalue weighted by atomic mass is 9.97. The molecule has 1 rings (SSSR count). The highest BCUT2D eigenvalue weighted by atomic mass is 32.1. The summed E-state index contributed by atoms with van der Waals surface area (Å²) in [6.45, 7) is 3.37. The summed E-state index contributed by atoms with van der Waals surface area (Å²) in [6.07, 6.45) is 0.192. The summed E-state index contributed by atoms with van der Waals surface area (Å²) < 4.78 is 4.86. The number of ketones is 1. The third kappa shape index (κ3) is 1.63. The zero-order valence-electron chi connectivity index (χ0n) is 6.34. The van der Waals surface area contributed by atoms with Crippen LogP contribution in [0.5, 0.6) is 0 Å². The lowest BCUT2D eigenvalue weighted by molar-refractivity contribution is -0.153. The molecule has 0 N–H and O–H groups in total. The Kier molecular flexibility index (Phi) is 1.80. The predicted molar refractivity (Wildman–Crippen MR) is 42.4 cm³/mol. The van der Waals surface area contributed by atoms with E-state index in [2.05, 4.69) is 12.2 Å². The first-order chi connectivity index (χ1) is 4.92. The summed E-state index contributed by atoms with van der Waals surface area (Å²) in [5.74, 6) is -0.956. The maximum absolute atomic E-state index is 11.0. The summed E-state index contributed by atoms with van der Waals surface area (Å²) in [5, 5.41) is 0. The number of rotatable bonds is 0. The molecule has 0 saturated carbocycles. The van der Waals surface area contributed by atoms with E-state index in [1.807, 2.05) is 0 Å². The molecule has 0 aromatic heterocycles. The van der Waals surface area contributed by atoms with Gasteiger partial charge in [0, 0.05) is 0 Å². The second-order valence-electron chi connectivity index (χ2n) is 3.08. The van der Waals surface area contributed by atoms with Crippen LogP contribution in [-0.2, 0) is 14.3 Å². The number of ether oxygens (including phenoxy) is 1. The molecule has 1 saturated heterocycles. The maximum atomic E-state index is 11.0. The van der Waals surface area contributed by atoms with E-state index in [1.165, 1.54) is 0 Å². The Bertz CT molecular complexity index is 220.